The molecular weight excluding hydrogens is 292 g/mol. The number of carbonyl (C=O) groups is 2. The fraction of sp³-hybridized carbons (Fsp3) is 0.412. The van der Waals surface area contributed by atoms with Gasteiger partial charge in [-0.2, -0.15) is 10.5 Å². The minimum atomic E-state index is -0.597. The second-order valence-corrected chi connectivity index (χ2v) is 5.64. The summed E-state index contributed by atoms with van der Waals surface area (Å²) in [6, 6.07) is 10.4. The molecule has 118 valence electrons. The van der Waals surface area contributed by atoms with Gasteiger partial charge in [0.25, 0.3) is 5.91 Å². The van der Waals surface area contributed by atoms with Crippen LogP contribution in [0.2, 0.25) is 0 Å². The molecule has 0 aromatic heterocycles. The van der Waals surface area contributed by atoms with Crippen LogP contribution in [0.4, 0.5) is 10.5 Å². The fourth-order valence-corrected chi connectivity index (χ4v) is 2.59. The Kier molecular flexibility index (Phi) is 4.98. The Morgan fingerprint density at radius 2 is 1.87 bits per heavy atom. The topological polar surface area (TPSA) is 88.2 Å². The van der Waals surface area contributed by atoms with Crippen LogP contribution in [0, 0.1) is 35.5 Å². The molecule has 1 aromatic rings. The van der Waals surface area contributed by atoms with Crippen molar-refractivity contribution < 1.29 is 9.59 Å². The first kappa shape index (κ1) is 16.5. The van der Waals surface area contributed by atoms with E-state index in [9.17, 15) is 9.59 Å². The van der Waals surface area contributed by atoms with Gasteiger partial charge in [-0.1, -0.05) is 17.7 Å². The molecule has 0 spiro atoms. The molecule has 1 heterocycles. The molecule has 0 unspecified atom stereocenters. The Labute approximate surface area is 135 Å². The van der Waals surface area contributed by atoms with E-state index in [4.69, 9.17) is 10.5 Å². The maximum absolute atomic E-state index is 12.6. The van der Waals surface area contributed by atoms with E-state index in [1.807, 2.05) is 25.1 Å². The van der Waals surface area contributed by atoms with E-state index in [1.54, 1.807) is 19.1 Å². The average Bonchev–Trinajstić information content (AvgIpc) is 2.75. The van der Waals surface area contributed by atoms with E-state index in [0.29, 0.717) is 12.1 Å². The van der Waals surface area contributed by atoms with E-state index in [-0.39, 0.29) is 18.9 Å². The first-order valence-corrected chi connectivity index (χ1v) is 7.47. The Balaban J connectivity index is 2.19. The highest BCUT2D eigenvalue weighted by Gasteiger charge is 2.43. The molecule has 1 saturated heterocycles. The van der Waals surface area contributed by atoms with Crippen LogP contribution in [0.1, 0.15) is 25.3 Å². The van der Waals surface area contributed by atoms with Crippen molar-refractivity contribution in [3.63, 3.8) is 0 Å². The number of aryl methyl sites for hydroxylation is 1. The van der Waals surface area contributed by atoms with Gasteiger partial charge >= 0.3 is 6.03 Å². The number of anilines is 1. The van der Waals surface area contributed by atoms with Crippen molar-refractivity contribution in [2.75, 3.05) is 11.4 Å². The van der Waals surface area contributed by atoms with Crippen molar-refractivity contribution in [3.8, 4) is 12.1 Å². The Hall–Kier alpha value is -2.86. The van der Waals surface area contributed by atoms with Crippen molar-refractivity contribution in [3.05, 3.63) is 29.8 Å². The first-order chi connectivity index (χ1) is 11.0. The molecule has 2 atom stereocenters. The molecule has 0 radical (unpaired) electrons. The number of hydrogen-bond acceptors (Lipinski definition) is 4. The van der Waals surface area contributed by atoms with Gasteiger partial charge in [0, 0.05) is 18.7 Å². The Morgan fingerprint density at radius 3 is 2.43 bits per heavy atom. The molecule has 0 saturated carbocycles. The van der Waals surface area contributed by atoms with Gasteiger partial charge in [-0.05, 0) is 32.4 Å². The summed E-state index contributed by atoms with van der Waals surface area (Å²) in [6.45, 7) is 3.66. The number of imide groups is 1. The Morgan fingerprint density at radius 1 is 1.22 bits per heavy atom. The summed E-state index contributed by atoms with van der Waals surface area (Å²) in [5.74, 6) is -0.833. The number of nitrogens with zero attached hydrogens (tertiary/aromatic N) is 4. The molecule has 6 nitrogen and oxygen atoms in total. The van der Waals surface area contributed by atoms with E-state index < -0.39 is 18.0 Å². The average molecular weight is 310 g/mol. The summed E-state index contributed by atoms with van der Waals surface area (Å²) < 4.78 is 0. The predicted molar refractivity (Wildman–Crippen MR) is 84.2 cm³/mol. The molecule has 3 amide bonds. The highest BCUT2D eigenvalue weighted by Crippen LogP contribution is 2.27. The highest BCUT2D eigenvalue weighted by molar-refractivity contribution is 6.14. The molecule has 2 rings (SSSR count). The molecule has 0 bridgehead atoms. The normalized spacial score (nSPS) is 18.7. The molecule has 0 N–H and O–H groups in total. The van der Waals surface area contributed by atoms with Crippen LogP contribution in [0.15, 0.2) is 24.3 Å². The lowest BCUT2D eigenvalue weighted by Gasteiger charge is -2.20. The van der Waals surface area contributed by atoms with Gasteiger partial charge in [0.1, 0.15) is 6.04 Å². The SMILES string of the molecule is Cc1ccc(N2C(=O)N(C[C@H](C#N)CCC#N)C(=O)[C@H]2C)cc1. The maximum Gasteiger partial charge on any atom is 0.332 e. The van der Waals surface area contributed by atoms with E-state index >= 15 is 0 Å². The smallest absolute Gasteiger partial charge is 0.282 e. The lowest BCUT2D eigenvalue weighted by molar-refractivity contribution is -0.127. The van der Waals surface area contributed by atoms with Crippen molar-refractivity contribution >= 4 is 17.6 Å². The number of rotatable bonds is 5. The summed E-state index contributed by atoms with van der Waals surface area (Å²) in [5.41, 5.74) is 1.73. The summed E-state index contributed by atoms with van der Waals surface area (Å²) in [5, 5.41) is 17.8. The van der Waals surface area contributed by atoms with Crippen LogP contribution in [-0.4, -0.2) is 29.4 Å². The van der Waals surface area contributed by atoms with Crippen molar-refractivity contribution in [1.29, 1.82) is 10.5 Å². The van der Waals surface area contributed by atoms with E-state index in [2.05, 4.69) is 6.07 Å². The number of urea groups is 1. The summed E-state index contributed by atoms with van der Waals surface area (Å²) >= 11 is 0. The third-order valence-electron chi connectivity index (χ3n) is 3.95. The molecule has 1 aliphatic heterocycles. The first-order valence-electron chi connectivity index (χ1n) is 7.47. The van der Waals surface area contributed by atoms with Crippen molar-refractivity contribution in [1.82, 2.24) is 4.90 Å². The highest BCUT2D eigenvalue weighted by atomic mass is 16.2. The number of carbonyl (C=O) groups excluding carboxylic acids is 2. The van der Waals surface area contributed by atoms with Crippen molar-refractivity contribution in [2.24, 2.45) is 5.92 Å². The summed E-state index contributed by atoms with van der Waals surface area (Å²) in [6.07, 6.45) is 0.578. The quantitative estimate of drug-likeness (QED) is 0.782. The lowest BCUT2D eigenvalue weighted by Crippen LogP contribution is -2.36. The van der Waals surface area contributed by atoms with Crippen LogP contribution >= 0.6 is 0 Å². The third-order valence-corrected chi connectivity index (χ3v) is 3.95. The maximum atomic E-state index is 12.6. The molecule has 6 heteroatoms. The largest absolute Gasteiger partial charge is 0.332 e. The standard InChI is InChI=1S/C17H18N4O2/c1-12-5-7-15(8-6-12)21-13(2)16(22)20(17(21)23)11-14(10-19)4-3-9-18/h5-8,13-14H,3-4,11H2,1-2H3/t13-,14+/m1/s1. The van der Waals surface area contributed by atoms with Crippen molar-refractivity contribution in [2.45, 2.75) is 32.7 Å². The summed E-state index contributed by atoms with van der Waals surface area (Å²) in [4.78, 5) is 27.5. The van der Waals surface area contributed by atoms with Gasteiger partial charge in [0.05, 0.1) is 18.1 Å². The van der Waals surface area contributed by atoms with Crippen LogP contribution in [0.3, 0.4) is 0 Å². The molecular formula is C17H18N4O2. The molecule has 1 aliphatic rings. The predicted octanol–water partition coefficient (Wildman–Crippen LogP) is 2.60. The van der Waals surface area contributed by atoms with Gasteiger partial charge < -0.3 is 0 Å². The Bertz CT molecular complexity index is 684. The molecule has 0 aliphatic carbocycles. The molecule has 1 aromatic carbocycles. The number of nitriles is 2. The molecule has 23 heavy (non-hydrogen) atoms. The number of amides is 3. The zero-order valence-corrected chi connectivity index (χ0v) is 13.2. The van der Waals surface area contributed by atoms with Crippen LogP contribution in [-0.2, 0) is 4.79 Å². The second kappa shape index (κ2) is 6.93. The third kappa shape index (κ3) is 3.32. The lowest BCUT2D eigenvalue weighted by atomic mass is 10.1. The molecule has 1 fully saturated rings. The number of benzene rings is 1. The second-order valence-electron chi connectivity index (χ2n) is 5.64. The van der Waals surface area contributed by atoms with Crippen LogP contribution in [0.25, 0.3) is 0 Å². The van der Waals surface area contributed by atoms with Gasteiger partial charge in [-0.15, -0.1) is 0 Å². The monoisotopic (exact) mass is 310 g/mol. The van der Waals surface area contributed by atoms with Gasteiger partial charge in [0.2, 0.25) is 0 Å². The van der Waals surface area contributed by atoms with Crippen LogP contribution < -0.4 is 4.90 Å². The van der Waals surface area contributed by atoms with Gasteiger partial charge in [-0.25, -0.2) is 4.79 Å². The number of hydrogen-bond donors (Lipinski definition) is 0. The van der Waals surface area contributed by atoms with Crippen LogP contribution in [0.5, 0.6) is 0 Å². The minimum Gasteiger partial charge on any atom is -0.282 e. The minimum absolute atomic E-state index is 0.0303. The zero-order chi connectivity index (χ0) is 17.0. The van der Waals surface area contributed by atoms with Gasteiger partial charge in [0.15, 0.2) is 0 Å². The summed E-state index contributed by atoms with van der Waals surface area (Å²) in [7, 11) is 0. The van der Waals surface area contributed by atoms with Gasteiger partial charge in [-0.3, -0.25) is 14.6 Å². The van der Waals surface area contributed by atoms with E-state index in [1.165, 1.54) is 4.90 Å². The zero-order valence-electron chi connectivity index (χ0n) is 13.2. The fourth-order valence-electron chi connectivity index (χ4n) is 2.59. The van der Waals surface area contributed by atoms with E-state index in [0.717, 1.165) is 10.5 Å².